The van der Waals surface area contributed by atoms with Gasteiger partial charge >= 0.3 is 18.0 Å². The van der Waals surface area contributed by atoms with Crippen molar-refractivity contribution in [2.24, 2.45) is 4.99 Å². The Morgan fingerprint density at radius 2 is 0.964 bits per heavy atom. The van der Waals surface area contributed by atoms with E-state index in [0.717, 1.165) is 45.0 Å². The molecule has 418 valence electrons. The Morgan fingerprint density at radius 1 is 0.470 bits per heavy atom. The van der Waals surface area contributed by atoms with Crippen LogP contribution >= 0.6 is 0 Å². The average molecular weight is 1150 g/mol. The average Bonchev–Trinajstić information content (AvgIpc) is 1.20. The predicted octanol–water partition coefficient (Wildman–Crippen LogP) is 14.8. The number of aromatic carboxylic acids is 1. The van der Waals surface area contributed by atoms with E-state index in [4.69, 9.17) is 9.41 Å². The van der Waals surface area contributed by atoms with Gasteiger partial charge in [0.05, 0.1) is 28.0 Å². The number of aryl methyl sites for hydroxylation is 4. The van der Waals surface area contributed by atoms with Crippen molar-refractivity contribution in [2.45, 2.75) is 51.3 Å². The summed E-state index contributed by atoms with van der Waals surface area (Å²) in [6, 6.07) is 46.6. The highest BCUT2D eigenvalue weighted by atomic mass is 32.2. The molecule has 1 aliphatic heterocycles. The van der Waals surface area contributed by atoms with Crippen LogP contribution in [0, 0.1) is 41.5 Å². The first kappa shape index (κ1) is 56.4. The molecule has 83 heavy (non-hydrogen) atoms. The van der Waals surface area contributed by atoms with Crippen LogP contribution in [0.1, 0.15) is 43.7 Å². The fourth-order valence-corrected chi connectivity index (χ4v) is 11.7. The van der Waals surface area contributed by atoms with Crippen molar-refractivity contribution in [3.05, 3.63) is 214 Å². The number of carboxylic acids is 1. The van der Waals surface area contributed by atoms with Gasteiger partial charge in [0, 0.05) is 57.0 Å². The topological polar surface area (TPSA) is 266 Å². The Kier molecular flexibility index (Phi) is 15.3. The van der Waals surface area contributed by atoms with Crippen molar-refractivity contribution in [1.29, 1.82) is 0 Å². The van der Waals surface area contributed by atoms with Crippen LogP contribution in [-0.2, 0) is 20.2 Å². The lowest BCUT2D eigenvalue weighted by Crippen LogP contribution is -2.21. The zero-order valence-electron chi connectivity index (χ0n) is 45.5. The Balaban J connectivity index is 1.02. The third kappa shape index (κ3) is 12.0. The number of carboxylic acid groups (broad SMARTS) is 1. The summed E-state index contributed by atoms with van der Waals surface area (Å²) in [5.41, 5.74) is 11.7. The molecule has 17 nitrogen and oxygen atoms in total. The Morgan fingerprint density at radius 3 is 1.53 bits per heavy atom. The van der Waals surface area contributed by atoms with Gasteiger partial charge in [0.25, 0.3) is 20.2 Å². The first-order chi connectivity index (χ1) is 39.5. The van der Waals surface area contributed by atoms with Crippen molar-refractivity contribution < 1.29 is 49.8 Å². The summed E-state index contributed by atoms with van der Waals surface area (Å²) in [5, 5.41) is 24.4. The van der Waals surface area contributed by atoms with E-state index in [2.05, 4.69) is 26.6 Å². The maximum Gasteiger partial charge on any atom is 0.335 e. The van der Waals surface area contributed by atoms with Gasteiger partial charge in [-0.2, -0.15) is 16.8 Å². The van der Waals surface area contributed by atoms with Crippen molar-refractivity contribution in [3.8, 4) is 44.7 Å². The summed E-state index contributed by atoms with van der Waals surface area (Å²) in [6.45, 7) is 10.9. The van der Waals surface area contributed by atoms with Gasteiger partial charge < -0.3 is 36.1 Å². The number of rotatable bonds is 13. The molecule has 8 aromatic rings. The molecule has 0 saturated heterocycles. The standard InChI is InChI=1S/C64H54N6O11S2/c1-35-30-37(3)60(69-63(73)66-46-24-20-43(21-25-46)41-12-8-7-9-13-41)39(5)58(35)65-48-28-29-49-53(32-48)81-54-34-52(56(83(78,79)80)33-51(54)57(49)50-14-10-11-15-55(50)82(75,76)77)68-59-36(2)31-38(4)61(40(59)6)70-64(74)67-47-26-22-44(23-27-47)42-16-18-45(19-17-42)62(71)72/h7-34,65H,1-6H3,(H,71,72)(H2,66,69,73)(H2,67,70,74)(H,75,76,77)(H,78,79,80). The maximum absolute atomic E-state index is 13.6. The van der Waals surface area contributed by atoms with Crippen LogP contribution in [0.4, 0.5) is 49.4 Å². The number of carbonyl (C=O) groups is 3. The molecule has 10 rings (SSSR count). The van der Waals surface area contributed by atoms with Gasteiger partial charge in [-0.15, -0.1) is 0 Å². The van der Waals surface area contributed by atoms with Crippen molar-refractivity contribution >= 4 is 89.0 Å². The maximum atomic E-state index is 13.6. The molecule has 2 aliphatic rings. The number of amides is 4. The summed E-state index contributed by atoms with van der Waals surface area (Å²) >= 11 is 0. The lowest BCUT2D eigenvalue weighted by molar-refractivity contribution is 0.0696. The number of nitrogens with zero attached hydrogens (tertiary/aromatic N) is 1. The third-order valence-electron chi connectivity index (χ3n) is 14.3. The Hall–Kier alpha value is -9.92. The minimum absolute atomic E-state index is 0.00118. The summed E-state index contributed by atoms with van der Waals surface area (Å²) < 4.78 is 81.1. The number of fused-ring (bicyclic) bond motifs is 2. The fourth-order valence-electron chi connectivity index (χ4n) is 10.3. The van der Waals surface area contributed by atoms with Crippen LogP contribution in [0.2, 0.25) is 0 Å². The molecule has 0 aromatic heterocycles. The van der Waals surface area contributed by atoms with Crippen molar-refractivity contribution in [1.82, 2.24) is 0 Å². The first-order valence-corrected chi connectivity index (χ1v) is 28.8. The number of urea groups is 2. The largest absolute Gasteiger partial charge is 0.478 e. The molecule has 0 unspecified atom stereocenters. The molecule has 0 radical (unpaired) electrons. The van der Waals surface area contributed by atoms with Crippen LogP contribution in [0.5, 0.6) is 0 Å². The zero-order valence-corrected chi connectivity index (χ0v) is 47.2. The highest BCUT2D eigenvalue weighted by Gasteiger charge is 2.28. The second kappa shape index (κ2) is 22.6. The van der Waals surface area contributed by atoms with Crippen LogP contribution in [0.25, 0.3) is 55.7 Å². The molecule has 0 spiro atoms. The molecule has 1 aliphatic carbocycles. The number of benzene rings is 9. The molecule has 0 saturated carbocycles. The van der Waals surface area contributed by atoms with Gasteiger partial charge in [-0.3, -0.25) is 9.11 Å². The van der Waals surface area contributed by atoms with E-state index >= 15 is 0 Å². The van der Waals surface area contributed by atoms with Gasteiger partial charge in [0.15, 0.2) is 0 Å². The van der Waals surface area contributed by atoms with E-state index in [1.807, 2.05) is 81.4 Å². The summed E-state index contributed by atoms with van der Waals surface area (Å²) in [4.78, 5) is 42.1. The molecule has 0 atom stereocenters. The molecule has 4 amide bonds. The molecule has 0 fully saturated rings. The van der Waals surface area contributed by atoms with Gasteiger partial charge in [-0.05, 0) is 158 Å². The minimum Gasteiger partial charge on any atom is -0.478 e. The number of hydrogen-bond donors (Lipinski definition) is 8. The second-order valence-electron chi connectivity index (χ2n) is 20.0. The second-order valence-corrected chi connectivity index (χ2v) is 22.8. The van der Waals surface area contributed by atoms with Crippen LogP contribution in [0.15, 0.2) is 189 Å². The smallest absolute Gasteiger partial charge is 0.335 e. The summed E-state index contributed by atoms with van der Waals surface area (Å²) in [5.74, 6) is -1.02. The lowest BCUT2D eigenvalue weighted by atomic mass is 9.93. The van der Waals surface area contributed by atoms with Crippen LogP contribution < -0.4 is 31.9 Å². The molecular formula is C64H54N6O11S2. The highest BCUT2D eigenvalue weighted by molar-refractivity contribution is 7.86. The van der Waals surface area contributed by atoms with E-state index in [9.17, 15) is 45.4 Å². The molecule has 0 bridgehead atoms. The van der Waals surface area contributed by atoms with Crippen LogP contribution in [-0.4, -0.2) is 49.1 Å². The Bertz CT molecular complexity index is 4530. The van der Waals surface area contributed by atoms with Gasteiger partial charge in [0.1, 0.15) is 21.1 Å². The monoisotopic (exact) mass is 1150 g/mol. The molecule has 1 heterocycles. The SMILES string of the molecule is Cc1cc(C)c(NC(=O)Nc2ccc(-c3ccc(C(=O)O)cc3)cc2)c(C)c1N=c1cc2oc3cc(Nc4c(C)cc(C)c(NC(=O)Nc5ccc(-c6ccccc6)cc5)c4C)ccc3c(-c3ccccc3S(=O)(=O)O)c-2cc1S(=O)(=O)O. The quantitative estimate of drug-likeness (QED) is 0.0396. The van der Waals surface area contributed by atoms with Gasteiger partial charge in [0.2, 0.25) is 0 Å². The van der Waals surface area contributed by atoms with Gasteiger partial charge in [-0.25, -0.2) is 19.4 Å². The Labute approximate surface area is 478 Å². The normalized spacial score (nSPS) is 11.8. The molecule has 19 heteroatoms. The zero-order chi connectivity index (χ0) is 59.1. The molecule has 8 N–H and O–H groups in total. The highest BCUT2D eigenvalue weighted by Crippen LogP contribution is 2.45. The lowest BCUT2D eigenvalue weighted by Gasteiger charge is -2.21. The third-order valence-corrected chi connectivity index (χ3v) is 16.0. The van der Waals surface area contributed by atoms with E-state index in [1.54, 1.807) is 87.5 Å². The first-order valence-electron chi connectivity index (χ1n) is 25.9. The molecular weight excluding hydrogens is 1090 g/mol. The number of hydrogen-bond acceptors (Lipinski definition) is 10. The minimum atomic E-state index is -5.10. The summed E-state index contributed by atoms with van der Waals surface area (Å²) in [7, 11) is -9.98. The van der Waals surface area contributed by atoms with Crippen molar-refractivity contribution in [2.75, 3.05) is 26.6 Å². The van der Waals surface area contributed by atoms with E-state index in [-0.39, 0.29) is 44.6 Å². The van der Waals surface area contributed by atoms with Crippen molar-refractivity contribution in [3.63, 3.8) is 0 Å². The van der Waals surface area contributed by atoms with Gasteiger partial charge in [-0.1, -0.05) is 97.1 Å². The van der Waals surface area contributed by atoms with Crippen LogP contribution in [0.3, 0.4) is 0 Å². The number of nitrogens with one attached hydrogen (secondary N) is 5. The number of carbonyl (C=O) groups excluding carboxylic acids is 2. The van der Waals surface area contributed by atoms with E-state index in [0.29, 0.717) is 56.2 Å². The fraction of sp³-hybridized carbons (Fsp3) is 0.0938. The van der Waals surface area contributed by atoms with E-state index < -0.39 is 48.1 Å². The van der Waals surface area contributed by atoms with E-state index in [1.165, 1.54) is 36.4 Å². The predicted molar refractivity (Wildman–Crippen MR) is 324 cm³/mol. The summed E-state index contributed by atoms with van der Waals surface area (Å²) in [6.07, 6.45) is 0. The number of anilines is 6. The molecule has 8 aromatic carbocycles.